The lowest BCUT2D eigenvalue weighted by molar-refractivity contribution is -0.123. The van der Waals surface area contributed by atoms with Gasteiger partial charge in [0, 0.05) is 26.2 Å². The van der Waals surface area contributed by atoms with Crippen LogP contribution in [0.4, 0.5) is 0 Å². The molecule has 0 saturated carbocycles. The molecule has 0 bridgehead atoms. The van der Waals surface area contributed by atoms with Gasteiger partial charge in [-0.25, -0.2) is 0 Å². The van der Waals surface area contributed by atoms with Gasteiger partial charge in [0.2, 0.25) is 5.91 Å². The predicted octanol–water partition coefficient (Wildman–Crippen LogP) is -0.138. The third-order valence-corrected chi connectivity index (χ3v) is 4.28. The quantitative estimate of drug-likeness (QED) is 0.241. The standard InChI is InChI=1S/C23H31N3O6/c27-13-12-26-23(30)17-32-21-9-5-4-8-20(21)31-16-19(28)15-24-10-11-25-22(29)14-18-6-2-1-3-7-18/h1-9,19,24,27-28H,10-17H2,(H,25,29)(H,26,30). The number of ether oxygens (including phenoxy) is 2. The summed E-state index contributed by atoms with van der Waals surface area (Å²) >= 11 is 0. The first kappa shape index (κ1) is 25.1. The zero-order valence-corrected chi connectivity index (χ0v) is 18.0. The van der Waals surface area contributed by atoms with Crippen LogP contribution in [-0.4, -0.2) is 74.1 Å². The summed E-state index contributed by atoms with van der Waals surface area (Å²) < 4.78 is 11.1. The molecule has 2 aromatic carbocycles. The molecule has 9 nitrogen and oxygen atoms in total. The molecule has 5 N–H and O–H groups in total. The molecule has 1 atom stereocenters. The van der Waals surface area contributed by atoms with Gasteiger partial charge in [-0.15, -0.1) is 0 Å². The topological polar surface area (TPSA) is 129 Å². The number of hydrogen-bond donors (Lipinski definition) is 5. The Bertz CT molecular complexity index is 818. The maximum absolute atomic E-state index is 11.9. The number of para-hydroxylation sites is 2. The van der Waals surface area contributed by atoms with Gasteiger partial charge in [0.15, 0.2) is 18.1 Å². The number of rotatable bonds is 15. The molecule has 2 aromatic rings. The minimum atomic E-state index is -0.768. The van der Waals surface area contributed by atoms with Crippen molar-refractivity contribution in [2.45, 2.75) is 12.5 Å². The van der Waals surface area contributed by atoms with E-state index in [1.54, 1.807) is 24.3 Å². The smallest absolute Gasteiger partial charge is 0.258 e. The van der Waals surface area contributed by atoms with E-state index in [0.717, 1.165) is 5.56 Å². The zero-order valence-electron chi connectivity index (χ0n) is 18.0. The molecule has 0 radical (unpaired) electrons. The predicted molar refractivity (Wildman–Crippen MR) is 120 cm³/mol. The Hall–Kier alpha value is -3.14. The molecule has 32 heavy (non-hydrogen) atoms. The summed E-state index contributed by atoms with van der Waals surface area (Å²) in [6, 6.07) is 16.4. The molecule has 0 aliphatic carbocycles. The molecule has 0 saturated heterocycles. The minimum absolute atomic E-state index is 0.0322. The van der Waals surface area contributed by atoms with Gasteiger partial charge in [-0.2, -0.15) is 0 Å². The molecule has 174 valence electrons. The Morgan fingerprint density at radius 2 is 1.50 bits per heavy atom. The average Bonchev–Trinajstić information content (AvgIpc) is 2.81. The van der Waals surface area contributed by atoms with Crippen LogP contribution in [0.3, 0.4) is 0 Å². The number of amides is 2. The van der Waals surface area contributed by atoms with Crippen molar-refractivity contribution >= 4 is 11.8 Å². The van der Waals surface area contributed by atoms with E-state index in [4.69, 9.17) is 14.6 Å². The fraction of sp³-hybridized carbons (Fsp3) is 0.391. The second kappa shape index (κ2) is 14.8. The van der Waals surface area contributed by atoms with E-state index >= 15 is 0 Å². The van der Waals surface area contributed by atoms with E-state index in [0.29, 0.717) is 37.6 Å². The van der Waals surface area contributed by atoms with E-state index < -0.39 is 6.10 Å². The van der Waals surface area contributed by atoms with Crippen molar-refractivity contribution in [3.8, 4) is 11.5 Å². The first-order valence-corrected chi connectivity index (χ1v) is 10.5. The maximum Gasteiger partial charge on any atom is 0.258 e. The Kier molecular flexibility index (Phi) is 11.6. The third-order valence-electron chi connectivity index (χ3n) is 4.28. The second-order valence-electron chi connectivity index (χ2n) is 6.99. The van der Waals surface area contributed by atoms with Gasteiger partial charge in [-0.3, -0.25) is 9.59 Å². The molecule has 2 amide bonds. The van der Waals surface area contributed by atoms with Crippen LogP contribution in [-0.2, 0) is 16.0 Å². The van der Waals surface area contributed by atoms with Gasteiger partial charge >= 0.3 is 0 Å². The van der Waals surface area contributed by atoms with Gasteiger partial charge in [-0.1, -0.05) is 42.5 Å². The summed E-state index contributed by atoms with van der Waals surface area (Å²) in [7, 11) is 0. The molecular weight excluding hydrogens is 414 g/mol. The van der Waals surface area contributed by atoms with Crippen molar-refractivity contribution < 1.29 is 29.3 Å². The minimum Gasteiger partial charge on any atom is -0.487 e. The van der Waals surface area contributed by atoms with Crippen LogP contribution in [0.1, 0.15) is 5.56 Å². The Morgan fingerprint density at radius 3 is 2.22 bits per heavy atom. The summed E-state index contributed by atoms with van der Waals surface area (Å²) in [5.41, 5.74) is 0.959. The van der Waals surface area contributed by atoms with E-state index in [1.807, 2.05) is 30.3 Å². The number of benzene rings is 2. The highest BCUT2D eigenvalue weighted by Crippen LogP contribution is 2.26. The van der Waals surface area contributed by atoms with Crippen LogP contribution in [0.25, 0.3) is 0 Å². The first-order chi connectivity index (χ1) is 15.6. The first-order valence-electron chi connectivity index (χ1n) is 10.5. The van der Waals surface area contributed by atoms with Crippen LogP contribution in [0.2, 0.25) is 0 Å². The number of carbonyl (C=O) groups is 2. The highest BCUT2D eigenvalue weighted by molar-refractivity contribution is 5.78. The lowest BCUT2D eigenvalue weighted by atomic mass is 10.1. The van der Waals surface area contributed by atoms with Gasteiger partial charge in [-0.05, 0) is 17.7 Å². The molecular formula is C23H31N3O6. The van der Waals surface area contributed by atoms with Crippen molar-refractivity contribution in [1.82, 2.24) is 16.0 Å². The molecule has 9 heteroatoms. The van der Waals surface area contributed by atoms with Crippen molar-refractivity contribution in [2.75, 3.05) is 46.0 Å². The lowest BCUT2D eigenvalue weighted by Crippen LogP contribution is -2.37. The van der Waals surface area contributed by atoms with Crippen LogP contribution in [0.15, 0.2) is 54.6 Å². The average molecular weight is 446 g/mol. The summed E-state index contributed by atoms with van der Waals surface area (Å²) in [5, 5.41) is 27.2. The van der Waals surface area contributed by atoms with E-state index in [1.165, 1.54) is 0 Å². The molecule has 0 heterocycles. The molecule has 2 rings (SSSR count). The highest BCUT2D eigenvalue weighted by atomic mass is 16.5. The summed E-state index contributed by atoms with van der Waals surface area (Å²) in [4.78, 5) is 23.5. The fourth-order valence-corrected chi connectivity index (χ4v) is 2.73. The number of carbonyl (C=O) groups excluding carboxylic acids is 2. The van der Waals surface area contributed by atoms with Gasteiger partial charge in [0.25, 0.3) is 5.91 Å². The molecule has 0 spiro atoms. The second-order valence-corrected chi connectivity index (χ2v) is 6.99. The largest absolute Gasteiger partial charge is 0.487 e. The molecule has 1 unspecified atom stereocenters. The summed E-state index contributed by atoms with van der Waals surface area (Å²) in [6.07, 6.45) is -0.432. The number of aliphatic hydroxyl groups is 2. The monoisotopic (exact) mass is 445 g/mol. The van der Waals surface area contributed by atoms with Gasteiger partial charge < -0.3 is 35.6 Å². The van der Waals surface area contributed by atoms with Crippen LogP contribution < -0.4 is 25.4 Å². The fourth-order valence-electron chi connectivity index (χ4n) is 2.73. The van der Waals surface area contributed by atoms with Crippen molar-refractivity contribution in [2.24, 2.45) is 0 Å². The van der Waals surface area contributed by atoms with Gasteiger partial charge in [0.1, 0.15) is 12.7 Å². The molecule has 0 aliphatic rings. The number of nitrogens with one attached hydrogen (secondary N) is 3. The number of hydrogen-bond acceptors (Lipinski definition) is 7. The van der Waals surface area contributed by atoms with Crippen molar-refractivity contribution in [3.63, 3.8) is 0 Å². The van der Waals surface area contributed by atoms with E-state index in [9.17, 15) is 14.7 Å². The van der Waals surface area contributed by atoms with Crippen molar-refractivity contribution in [3.05, 3.63) is 60.2 Å². The Labute approximate surface area is 187 Å². The molecule has 0 aliphatic heterocycles. The summed E-state index contributed by atoms with van der Waals surface area (Å²) in [5.74, 6) is 0.389. The summed E-state index contributed by atoms with van der Waals surface area (Å²) in [6.45, 7) is 1.11. The SMILES string of the molecule is O=C(COc1ccccc1OCC(O)CNCCNC(=O)Cc1ccccc1)NCCO. The molecule has 0 aromatic heterocycles. The van der Waals surface area contributed by atoms with Crippen LogP contribution in [0, 0.1) is 0 Å². The molecule has 0 fully saturated rings. The van der Waals surface area contributed by atoms with E-state index in [-0.39, 0.29) is 38.2 Å². The normalized spacial score (nSPS) is 11.4. The highest BCUT2D eigenvalue weighted by Gasteiger charge is 2.10. The van der Waals surface area contributed by atoms with Crippen molar-refractivity contribution in [1.29, 1.82) is 0 Å². The Balaban J connectivity index is 1.61. The zero-order chi connectivity index (χ0) is 23.0. The number of aliphatic hydroxyl groups excluding tert-OH is 2. The third kappa shape index (κ3) is 10.3. The van der Waals surface area contributed by atoms with E-state index in [2.05, 4.69) is 16.0 Å². The lowest BCUT2D eigenvalue weighted by Gasteiger charge is -2.16. The maximum atomic E-state index is 11.9. The van der Waals surface area contributed by atoms with Crippen LogP contribution in [0.5, 0.6) is 11.5 Å². The van der Waals surface area contributed by atoms with Gasteiger partial charge in [0.05, 0.1) is 13.0 Å². The van der Waals surface area contributed by atoms with Crippen LogP contribution >= 0.6 is 0 Å². The Morgan fingerprint density at radius 1 is 0.844 bits per heavy atom.